The quantitative estimate of drug-likeness (QED) is 0.0222. The molecule has 0 saturated carbocycles. The van der Waals surface area contributed by atoms with Crippen molar-refractivity contribution < 1.29 is 80.2 Å². The van der Waals surface area contributed by atoms with Crippen molar-refractivity contribution in [2.45, 2.75) is 386 Å². The fourth-order valence-electron chi connectivity index (χ4n) is 10.7. The van der Waals surface area contributed by atoms with Crippen molar-refractivity contribution in [3.63, 3.8) is 0 Å². The van der Waals surface area contributed by atoms with Crippen molar-refractivity contribution >= 4 is 39.5 Å². The average molecular weight is 1310 g/mol. The van der Waals surface area contributed by atoms with E-state index in [1.54, 1.807) is 0 Å². The Kier molecular flexibility index (Phi) is 63.3. The Morgan fingerprint density at radius 3 is 0.663 bits per heavy atom. The fraction of sp³-hybridized carbons (Fsp3) is 0.943. The standard InChI is InChI=1S/C70H136O17P2/c1-5-9-13-17-20-22-24-26-28-29-30-31-32-33-34-36-38-40-42-45-49-53-57-70(75)87-66(61-81-68(73)55-51-47-44-41-39-37-35-27-25-23-21-18-14-10-6-2)63-85-89(78,79)83-59-64(71)58-82-88(76,77)84-62-65(60-80-67(72)54-50-46-16-12-8-4)86-69(74)56-52-48-43-19-15-11-7-3/h64-66,71H,5-63H2,1-4H3,(H,76,77)(H,78,79)/t64-,65+,66+/m0/s1. The molecule has 0 radical (unpaired) electrons. The summed E-state index contributed by atoms with van der Waals surface area (Å²) in [7, 11) is -9.88. The lowest BCUT2D eigenvalue weighted by atomic mass is 10.0. The van der Waals surface area contributed by atoms with E-state index < -0.39 is 97.5 Å². The van der Waals surface area contributed by atoms with E-state index in [1.165, 1.54) is 180 Å². The van der Waals surface area contributed by atoms with Crippen LogP contribution in [0.4, 0.5) is 0 Å². The summed E-state index contributed by atoms with van der Waals surface area (Å²) in [5, 5.41) is 10.5. The second-order valence-corrected chi connectivity index (χ2v) is 28.2. The summed E-state index contributed by atoms with van der Waals surface area (Å²) in [5.41, 5.74) is 0. The fourth-order valence-corrected chi connectivity index (χ4v) is 12.3. The summed E-state index contributed by atoms with van der Waals surface area (Å²) < 4.78 is 67.9. The number of ether oxygens (including phenoxy) is 4. The molecule has 528 valence electrons. The van der Waals surface area contributed by atoms with Crippen molar-refractivity contribution in [1.82, 2.24) is 0 Å². The van der Waals surface area contributed by atoms with Gasteiger partial charge in [0.1, 0.15) is 19.3 Å². The zero-order chi connectivity index (χ0) is 65.4. The highest BCUT2D eigenvalue weighted by Crippen LogP contribution is 2.45. The molecule has 2 unspecified atom stereocenters. The molecule has 0 rings (SSSR count). The Morgan fingerprint density at radius 1 is 0.270 bits per heavy atom. The largest absolute Gasteiger partial charge is 0.472 e. The molecule has 5 atom stereocenters. The van der Waals surface area contributed by atoms with Crippen LogP contribution in [0.2, 0.25) is 0 Å². The number of phosphoric ester groups is 2. The molecule has 0 saturated heterocycles. The zero-order valence-electron chi connectivity index (χ0n) is 57.4. The molecule has 17 nitrogen and oxygen atoms in total. The normalized spacial score (nSPS) is 14.0. The molecule has 0 spiro atoms. The van der Waals surface area contributed by atoms with Crippen LogP contribution in [0.25, 0.3) is 0 Å². The number of unbranched alkanes of at least 4 members (excludes halogenated alkanes) is 45. The molecule has 0 amide bonds. The summed E-state index contributed by atoms with van der Waals surface area (Å²) in [6.07, 6.45) is 53.5. The number of hydrogen-bond acceptors (Lipinski definition) is 15. The number of carbonyl (C=O) groups is 4. The van der Waals surface area contributed by atoms with Gasteiger partial charge in [-0.25, -0.2) is 9.13 Å². The molecular weight excluding hydrogens is 1170 g/mol. The molecule has 0 aliphatic carbocycles. The van der Waals surface area contributed by atoms with E-state index in [4.69, 9.17) is 37.0 Å². The summed E-state index contributed by atoms with van der Waals surface area (Å²) in [6.45, 7) is 4.80. The summed E-state index contributed by atoms with van der Waals surface area (Å²) in [6, 6.07) is 0. The van der Waals surface area contributed by atoms with Crippen LogP contribution in [-0.4, -0.2) is 96.7 Å². The third kappa shape index (κ3) is 64.6. The molecule has 89 heavy (non-hydrogen) atoms. The number of aliphatic hydroxyl groups is 1. The molecule has 19 heteroatoms. The summed E-state index contributed by atoms with van der Waals surface area (Å²) >= 11 is 0. The van der Waals surface area contributed by atoms with E-state index in [1.807, 2.05) is 0 Å². The molecule has 0 aliphatic rings. The van der Waals surface area contributed by atoms with E-state index in [0.717, 1.165) is 109 Å². The van der Waals surface area contributed by atoms with Gasteiger partial charge in [0.25, 0.3) is 0 Å². The monoisotopic (exact) mass is 1310 g/mol. The number of carbonyl (C=O) groups excluding carboxylic acids is 4. The molecular formula is C70H136O17P2. The molecule has 0 heterocycles. The van der Waals surface area contributed by atoms with Crippen LogP contribution >= 0.6 is 15.6 Å². The van der Waals surface area contributed by atoms with Crippen LogP contribution in [0.15, 0.2) is 0 Å². The van der Waals surface area contributed by atoms with Crippen molar-refractivity contribution in [2.75, 3.05) is 39.6 Å². The van der Waals surface area contributed by atoms with E-state index >= 15 is 0 Å². The van der Waals surface area contributed by atoms with E-state index in [0.29, 0.717) is 25.7 Å². The topological polar surface area (TPSA) is 237 Å². The molecule has 0 aromatic carbocycles. The van der Waals surface area contributed by atoms with Crippen molar-refractivity contribution in [3.8, 4) is 0 Å². The molecule has 0 aromatic rings. The van der Waals surface area contributed by atoms with Gasteiger partial charge >= 0.3 is 39.5 Å². The maximum atomic E-state index is 13.0. The Labute approximate surface area is 543 Å². The van der Waals surface area contributed by atoms with E-state index in [-0.39, 0.29) is 25.7 Å². The van der Waals surface area contributed by atoms with E-state index in [2.05, 4.69) is 27.7 Å². The van der Waals surface area contributed by atoms with Gasteiger partial charge < -0.3 is 33.8 Å². The smallest absolute Gasteiger partial charge is 0.462 e. The lowest BCUT2D eigenvalue weighted by molar-refractivity contribution is -0.161. The second-order valence-electron chi connectivity index (χ2n) is 25.3. The average Bonchev–Trinajstić information content (AvgIpc) is 3.73. The van der Waals surface area contributed by atoms with Crippen LogP contribution in [0.3, 0.4) is 0 Å². The highest BCUT2D eigenvalue weighted by Gasteiger charge is 2.30. The van der Waals surface area contributed by atoms with Gasteiger partial charge in [-0.3, -0.25) is 37.3 Å². The highest BCUT2D eigenvalue weighted by molar-refractivity contribution is 7.47. The van der Waals surface area contributed by atoms with Crippen LogP contribution in [0, 0.1) is 0 Å². The second kappa shape index (κ2) is 64.8. The Hall–Kier alpha value is -1.94. The number of aliphatic hydroxyl groups excluding tert-OH is 1. The third-order valence-corrected chi connectivity index (χ3v) is 18.3. The maximum absolute atomic E-state index is 13.0. The number of rotatable bonds is 71. The van der Waals surface area contributed by atoms with Gasteiger partial charge in [0.15, 0.2) is 12.2 Å². The van der Waals surface area contributed by atoms with E-state index in [9.17, 15) is 43.2 Å². The zero-order valence-corrected chi connectivity index (χ0v) is 59.2. The van der Waals surface area contributed by atoms with Gasteiger partial charge in [-0.1, -0.05) is 317 Å². The minimum Gasteiger partial charge on any atom is -0.462 e. The Balaban J connectivity index is 5.06. The van der Waals surface area contributed by atoms with Crippen LogP contribution in [0.5, 0.6) is 0 Å². The van der Waals surface area contributed by atoms with Crippen LogP contribution in [0.1, 0.15) is 368 Å². The first-order valence-corrected chi connectivity index (χ1v) is 39.8. The molecule has 0 fully saturated rings. The SMILES string of the molecule is CCCCCCCCCCCCCCCCCCCCCCCCC(=O)O[C@H](COC(=O)CCCCCCCCCCCCCCCCC)COP(=O)(O)OC[C@@H](O)COP(=O)(O)OC[C@@H](COC(=O)CCCCCCC)OC(=O)CCCCCCCCC. The van der Waals surface area contributed by atoms with Gasteiger partial charge in [0.2, 0.25) is 0 Å². The summed E-state index contributed by atoms with van der Waals surface area (Å²) in [5.74, 6) is -2.14. The van der Waals surface area contributed by atoms with Crippen LogP contribution < -0.4 is 0 Å². The van der Waals surface area contributed by atoms with Gasteiger partial charge in [-0.05, 0) is 25.7 Å². The van der Waals surface area contributed by atoms with Crippen molar-refractivity contribution in [2.24, 2.45) is 0 Å². The number of hydrogen-bond donors (Lipinski definition) is 3. The Bertz CT molecular complexity index is 1710. The van der Waals surface area contributed by atoms with Gasteiger partial charge in [0.05, 0.1) is 26.4 Å². The van der Waals surface area contributed by atoms with Crippen LogP contribution in [-0.2, 0) is 65.4 Å². The third-order valence-electron chi connectivity index (χ3n) is 16.4. The molecule has 0 aliphatic heterocycles. The minimum absolute atomic E-state index is 0.103. The first kappa shape index (κ1) is 87.1. The van der Waals surface area contributed by atoms with Gasteiger partial charge in [-0.2, -0.15) is 0 Å². The predicted octanol–water partition coefficient (Wildman–Crippen LogP) is 20.3. The maximum Gasteiger partial charge on any atom is 0.472 e. The molecule has 3 N–H and O–H groups in total. The lowest BCUT2D eigenvalue weighted by Crippen LogP contribution is -2.30. The van der Waals surface area contributed by atoms with Gasteiger partial charge in [-0.15, -0.1) is 0 Å². The van der Waals surface area contributed by atoms with Crippen molar-refractivity contribution in [3.05, 3.63) is 0 Å². The number of esters is 4. The first-order chi connectivity index (χ1) is 43.2. The Morgan fingerprint density at radius 2 is 0.449 bits per heavy atom. The number of phosphoric acid groups is 2. The predicted molar refractivity (Wildman–Crippen MR) is 359 cm³/mol. The van der Waals surface area contributed by atoms with Crippen molar-refractivity contribution in [1.29, 1.82) is 0 Å². The molecule has 0 bridgehead atoms. The lowest BCUT2D eigenvalue weighted by Gasteiger charge is -2.21. The first-order valence-electron chi connectivity index (χ1n) is 36.8. The summed E-state index contributed by atoms with van der Waals surface area (Å²) in [4.78, 5) is 72.0. The highest BCUT2D eigenvalue weighted by atomic mass is 31.2. The molecule has 0 aromatic heterocycles. The van der Waals surface area contributed by atoms with Gasteiger partial charge in [0, 0.05) is 25.7 Å². The minimum atomic E-state index is -4.95.